The van der Waals surface area contributed by atoms with Gasteiger partial charge < -0.3 is 5.32 Å². The van der Waals surface area contributed by atoms with E-state index >= 15 is 0 Å². The third kappa shape index (κ3) is 6.93. The second-order valence-corrected chi connectivity index (χ2v) is 19.5. The molecule has 7 rings (SSSR count). The van der Waals surface area contributed by atoms with Gasteiger partial charge in [-0.3, -0.25) is 0 Å². The van der Waals surface area contributed by atoms with E-state index < -0.39 is 8.07 Å². The molecule has 3 nitrogen and oxygen atoms in total. The van der Waals surface area contributed by atoms with Gasteiger partial charge in [-0.1, -0.05) is 176 Å². The van der Waals surface area contributed by atoms with Crippen LogP contribution in [-0.4, -0.2) is 14.1 Å². The van der Waals surface area contributed by atoms with E-state index in [4.69, 9.17) is 5.32 Å². The first-order valence-electron chi connectivity index (χ1n) is 18.0. The minimum absolute atomic E-state index is 0. The summed E-state index contributed by atoms with van der Waals surface area (Å²) in [6.45, 7) is 23.1. The second kappa shape index (κ2) is 15.2. The van der Waals surface area contributed by atoms with Gasteiger partial charge in [-0.2, -0.15) is 0 Å². The van der Waals surface area contributed by atoms with E-state index in [0.717, 1.165) is 11.4 Å². The van der Waals surface area contributed by atoms with Crippen LogP contribution in [0.3, 0.4) is 0 Å². The molecule has 260 valence electrons. The molecule has 0 spiro atoms. The molecular weight excluding hydrogens is 808 g/mol. The van der Waals surface area contributed by atoms with Crippen LogP contribution >= 0.6 is 0 Å². The van der Waals surface area contributed by atoms with Crippen LogP contribution in [0.4, 0.5) is 34.1 Å². The number of para-hydroxylation sites is 6. The molecule has 0 bridgehead atoms. The molecular formula is C45H52AuN3Si+2. The van der Waals surface area contributed by atoms with Gasteiger partial charge in [0.15, 0.2) is 0 Å². The Morgan fingerprint density at radius 2 is 0.780 bits per heavy atom. The normalized spacial score (nSPS) is 13.8. The summed E-state index contributed by atoms with van der Waals surface area (Å²) in [7, 11) is -1.53. The molecule has 2 heterocycles. The van der Waals surface area contributed by atoms with Crippen LogP contribution in [0.5, 0.6) is 0 Å². The molecule has 0 radical (unpaired) electrons. The molecule has 2 aliphatic heterocycles. The Morgan fingerprint density at radius 1 is 0.460 bits per heavy atom. The monoisotopic (exact) mass is 859 g/mol. The Balaban J connectivity index is 0.000000238. The van der Waals surface area contributed by atoms with Crippen molar-refractivity contribution in [2.75, 3.05) is 0 Å². The molecule has 50 heavy (non-hydrogen) atoms. The number of benzene rings is 5. The van der Waals surface area contributed by atoms with Gasteiger partial charge in [0.25, 0.3) is 11.4 Å². The average molecular weight is 860 g/mol. The Kier molecular flexibility index (Phi) is 11.4. The van der Waals surface area contributed by atoms with Gasteiger partial charge in [-0.15, -0.1) is 11.4 Å². The summed E-state index contributed by atoms with van der Waals surface area (Å²) in [6, 6.07) is 43.2. The third-order valence-electron chi connectivity index (χ3n) is 10.1. The molecule has 0 saturated heterocycles. The van der Waals surface area contributed by atoms with E-state index in [1.54, 1.807) is 0 Å². The topological polar surface area (TPSA) is 20.1 Å². The average Bonchev–Trinajstić information content (AvgIpc) is 3.47. The van der Waals surface area contributed by atoms with E-state index in [1.807, 2.05) is 0 Å². The first-order valence-corrected chi connectivity index (χ1v) is 21.0. The quantitative estimate of drug-likeness (QED) is 0.117. The van der Waals surface area contributed by atoms with Gasteiger partial charge >= 0.3 is 28.4 Å². The van der Waals surface area contributed by atoms with Crippen molar-refractivity contribution in [1.29, 1.82) is 0 Å². The first kappa shape index (κ1) is 37.5. The number of fused-ring (bicyclic) bond motifs is 3. The maximum absolute atomic E-state index is 4.74. The molecule has 0 saturated carbocycles. The zero-order valence-electron chi connectivity index (χ0n) is 31.3. The van der Waals surface area contributed by atoms with Crippen molar-refractivity contribution in [3.05, 3.63) is 137 Å². The molecule has 5 aromatic rings. The van der Waals surface area contributed by atoms with E-state index in [9.17, 15) is 0 Å². The summed E-state index contributed by atoms with van der Waals surface area (Å²) < 4.78 is 4.64. The maximum Gasteiger partial charge on any atom is 1.00 e. The van der Waals surface area contributed by atoms with Gasteiger partial charge in [0, 0.05) is 34.4 Å². The Bertz CT molecular complexity index is 1890. The van der Waals surface area contributed by atoms with Crippen molar-refractivity contribution in [2.24, 2.45) is 0 Å². The molecule has 0 aromatic heterocycles. The number of rotatable bonds is 6. The van der Waals surface area contributed by atoms with E-state index in [0.29, 0.717) is 23.7 Å². The SMILES string of the molecule is CC(C)c1cccc(C(C)C)c1[N+]1=C=[N+](c2c(C(C)C)cccc2C(C)C)c2ccccc21.C[Si]1(C)c2ccccc2[N-]c2ccccc21.[Au+]. The summed E-state index contributed by atoms with van der Waals surface area (Å²) in [5, 5.41) is 7.64. The largest absolute Gasteiger partial charge is 1.00 e. The fourth-order valence-corrected chi connectivity index (χ4v) is 10.3. The smallest absolute Gasteiger partial charge is 0.658 e. The van der Waals surface area contributed by atoms with Gasteiger partial charge in [0.1, 0.15) is 8.07 Å². The second-order valence-electron chi connectivity index (χ2n) is 15.2. The standard InChI is InChI=1S/C31H38N2.C14H14NSi.Au/c1-20(2)24-13-11-14-25(21(3)4)30(24)32-19-33(29-18-10-9-17-28(29)32)31-26(22(5)6)15-12-16-27(31)23(7)8;1-16(2)13-9-5-3-7-11(13)15-12-8-4-6-10-14(12)16;/h9-18,20-23H,1-8H3;3-10H,1-2H3;/q+2;-1;+1. The number of nitrogens with zero attached hydrogens (tertiary/aromatic N) is 3. The van der Waals surface area contributed by atoms with Crippen LogP contribution in [0.15, 0.2) is 109 Å². The van der Waals surface area contributed by atoms with Crippen molar-refractivity contribution in [2.45, 2.75) is 92.2 Å². The predicted octanol–water partition coefficient (Wildman–Crippen LogP) is 12.2. The first-order chi connectivity index (χ1) is 23.4. The molecule has 0 aliphatic carbocycles. The van der Waals surface area contributed by atoms with Crippen LogP contribution < -0.4 is 19.5 Å². The molecule has 5 aromatic carbocycles. The number of hydrogen-bond donors (Lipinski definition) is 0. The van der Waals surface area contributed by atoms with Crippen molar-refractivity contribution >= 4 is 58.6 Å². The van der Waals surface area contributed by atoms with Gasteiger partial charge in [-0.25, -0.2) is 0 Å². The van der Waals surface area contributed by atoms with Crippen LogP contribution in [0.1, 0.15) is 101 Å². The van der Waals surface area contributed by atoms with Crippen molar-refractivity contribution < 1.29 is 22.4 Å². The van der Waals surface area contributed by atoms with Gasteiger partial charge in [-0.05, 0) is 32.8 Å². The summed E-state index contributed by atoms with van der Waals surface area (Å²) in [5.41, 5.74) is 12.8. The minimum atomic E-state index is -1.53. The summed E-state index contributed by atoms with van der Waals surface area (Å²) in [6.07, 6.45) is 0. The molecule has 0 atom stereocenters. The van der Waals surface area contributed by atoms with Gasteiger partial charge in [0.05, 0.1) is 0 Å². The Hall–Kier alpha value is -3.76. The predicted molar refractivity (Wildman–Crippen MR) is 216 cm³/mol. The molecule has 2 aliphatic rings. The van der Waals surface area contributed by atoms with E-state index in [-0.39, 0.29) is 22.4 Å². The summed E-state index contributed by atoms with van der Waals surface area (Å²) in [4.78, 5) is 0. The van der Waals surface area contributed by atoms with Crippen molar-refractivity contribution in [3.63, 3.8) is 0 Å². The molecule has 0 N–H and O–H groups in total. The van der Waals surface area contributed by atoms with Gasteiger partial charge in [0.2, 0.25) is 11.4 Å². The van der Waals surface area contributed by atoms with Crippen molar-refractivity contribution in [3.8, 4) is 0 Å². The van der Waals surface area contributed by atoms with E-state index in [1.165, 1.54) is 55.4 Å². The van der Waals surface area contributed by atoms with Crippen LogP contribution in [0.25, 0.3) is 5.32 Å². The van der Waals surface area contributed by atoms with Crippen LogP contribution in [-0.2, 0) is 22.4 Å². The van der Waals surface area contributed by atoms with Crippen molar-refractivity contribution in [1.82, 2.24) is 9.15 Å². The maximum atomic E-state index is 4.74. The third-order valence-corrected chi connectivity index (χ3v) is 13.6. The zero-order chi connectivity index (χ0) is 35.0. The number of hydrogen-bond acceptors (Lipinski definition) is 0. The molecule has 0 fully saturated rings. The summed E-state index contributed by atoms with van der Waals surface area (Å²) >= 11 is 0. The minimum Gasteiger partial charge on any atom is -0.658 e. The fourth-order valence-electron chi connectivity index (χ4n) is 7.41. The fraction of sp³-hybridized carbons (Fsp3) is 0.311. The zero-order valence-corrected chi connectivity index (χ0v) is 34.5. The molecule has 0 amide bonds. The van der Waals surface area contributed by atoms with Crippen LogP contribution in [0.2, 0.25) is 13.1 Å². The molecule has 0 unspecified atom stereocenters. The van der Waals surface area contributed by atoms with E-state index in [2.05, 4.69) is 193 Å². The Morgan fingerprint density at radius 3 is 1.12 bits per heavy atom. The Labute approximate surface area is 317 Å². The molecule has 5 heteroatoms. The summed E-state index contributed by atoms with van der Waals surface area (Å²) in [5.74, 6) is 1.71. The van der Waals surface area contributed by atoms with Crippen LogP contribution in [0, 0.1) is 0 Å².